The Labute approximate surface area is 241 Å². The summed E-state index contributed by atoms with van der Waals surface area (Å²) in [5.74, 6) is -0.125. The SMILES string of the molecule is C/C=C(\C)C(=O)O[C@@H]1CC(C)(C)C[C@H]2C3=CC[C@@H]4[C@@]5(C)CCC(=O)C(C)(C)[C@@H]5CC[C@@]4(C)[C@]3(C)CC[C@@]12C(=O)O. The van der Waals surface area contributed by atoms with E-state index < -0.39 is 23.5 Å². The van der Waals surface area contributed by atoms with Gasteiger partial charge in [-0.25, -0.2) is 4.79 Å². The standard InChI is InChI=1S/C35H52O5/c1-10-21(2)28(37)40-27-20-30(3,4)19-23-22-11-12-25-32(7)15-14-26(36)31(5,6)24(32)13-16-34(25,9)33(22,8)17-18-35(23,27)29(38)39/h10-11,23-25,27H,12-20H2,1-9H3,(H,38,39)/b21-10+/t23-,24-,25+,27+,32-,33+,34+,35-/m0/s1. The van der Waals surface area contributed by atoms with Crippen molar-refractivity contribution >= 4 is 17.7 Å². The molecule has 5 rings (SSSR count). The third-order valence-corrected chi connectivity index (χ3v) is 13.8. The van der Waals surface area contributed by atoms with E-state index in [9.17, 15) is 19.5 Å². The predicted octanol–water partition coefficient (Wildman–Crippen LogP) is 7.93. The van der Waals surface area contributed by atoms with E-state index in [0.717, 1.165) is 38.5 Å². The molecule has 0 saturated heterocycles. The summed E-state index contributed by atoms with van der Waals surface area (Å²) in [5.41, 5.74) is 0.279. The number of rotatable bonds is 3. The molecule has 0 bridgehead atoms. The van der Waals surface area contributed by atoms with Crippen molar-refractivity contribution in [3.63, 3.8) is 0 Å². The number of aliphatic carboxylic acids is 1. The van der Waals surface area contributed by atoms with Crippen LogP contribution in [0.15, 0.2) is 23.3 Å². The third-order valence-electron chi connectivity index (χ3n) is 13.8. The predicted molar refractivity (Wildman–Crippen MR) is 156 cm³/mol. The van der Waals surface area contributed by atoms with Crippen molar-refractivity contribution < 1.29 is 24.2 Å². The molecular weight excluding hydrogens is 500 g/mol. The van der Waals surface area contributed by atoms with Crippen LogP contribution < -0.4 is 0 Å². The van der Waals surface area contributed by atoms with Gasteiger partial charge in [-0.2, -0.15) is 0 Å². The second-order valence-electron chi connectivity index (χ2n) is 16.3. The highest BCUT2D eigenvalue weighted by atomic mass is 16.5. The van der Waals surface area contributed by atoms with E-state index in [1.165, 1.54) is 5.57 Å². The Balaban J connectivity index is 1.60. The van der Waals surface area contributed by atoms with Gasteiger partial charge in [-0.05, 0) is 98.7 Å². The fraction of sp³-hybridized carbons (Fsp3) is 0.800. The topological polar surface area (TPSA) is 80.7 Å². The molecule has 5 aliphatic carbocycles. The summed E-state index contributed by atoms with van der Waals surface area (Å²) < 4.78 is 6.13. The van der Waals surface area contributed by atoms with Gasteiger partial charge in [-0.1, -0.05) is 66.2 Å². The van der Waals surface area contributed by atoms with Crippen LogP contribution in [0.5, 0.6) is 0 Å². The molecule has 4 saturated carbocycles. The van der Waals surface area contributed by atoms with Gasteiger partial charge in [0.1, 0.15) is 17.3 Å². The van der Waals surface area contributed by atoms with Crippen molar-refractivity contribution in [2.75, 3.05) is 0 Å². The zero-order valence-corrected chi connectivity index (χ0v) is 26.4. The first-order valence-corrected chi connectivity index (χ1v) is 15.7. The minimum Gasteiger partial charge on any atom is -0.481 e. The molecule has 0 amide bonds. The fourth-order valence-corrected chi connectivity index (χ4v) is 11.1. The first-order chi connectivity index (χ1) is 18.4. The first kappa shape index (κ1) is 29.6. The number of Topliss-reactive ketones (excluding diaryl/α,β-unsaturated/α-hetero) is 1. The van der Waals surface area contributed by atoms with Crippen molar-refractivity contribution in [1.29, 1.82) is 0 Å². The molecule has 0 radical (unpaired) electrons. The summed E-state index contributed by atoms with van der Waals surface area (Å²) in [6, 6.07) is 0. The second-order valence-corrected chi connectivity index (χ2v) is 16.3. The van der Waals surface area contributed by atoms with Crippen LogP contribution in [0.1, 0.15) is 120 Å². The minimum atomic E-state index is -1.10. The molecule has 40 heavy (non-hydrogen) atoms. The van der Waals surface area contributed by atoms with Gasteiger partial charge in [0.15, 0.2) is 0 Å². The lowest BCUT2D eigenvalue weighted by molar-refractivity contribution is -0.206. The fourth-order valence-electron chi connectivity index (χ4n) is 11.1. The molecule has 0 spiro atoms. The van der Waals surface area contributed by atoms with Crippen LogP contribution >= 0.6 is 0 Å². The number of fused-ring (bicyclic) bond motifs is 7. The number of carbonyl (C=O) groups is 3. The Hall–Kier alpha value is -1.91. The van der Waals surface area contributed by atoms with Gasteiger partial charge in [0.2, 0.25) is 0 Å². The monoisotopic (exact) mass is 552 g/mol. The molecule has 5 aliphatic rings. The van der Waals surface area contributed by atoms with Gasteiger partial charge in [0.25, 0.3) is 0 Å². The van der Waals surface area contributed by atoms with Crippen molar-refractivity contribution in [2.24, 2.45) is 50.2 Å². The highest BCUT2D eigenvalue weighted by Gasteiger charge is 2.71. The van der Waals surface area contributed by atoms with E-state index >= 15 is 0 Å². The summed E-state index contributed by atoms with van der Waals surface area (Å²) in [4.78, 5) is 39.4. The Morgan fingerprint density at radius 1 is 0.975 bits per heavy atom. The molecule has 0 aliphatic heterocycles. The molecule has 5 heteroatoms. The molecule has 0 unspecified atom stereocenters. The lowest BCUT2D eigenvalue weighted by atomic mass is 9.33. The van der Waals surface area contributed by atoms with Gasteiger partial charge >= 0.3 is 11.9 Å². The Kier molecular flexibility index (Phi) is 6.69. The van der Waals surface area contributed by atoms with E-state index in [4.69, 9.17) is 4.74 Å². The molecule has 5 nitrogen and oxygen atoms in total. The number of carboxylic acids is 1. The summed E-state index contributed by atoms with van der Waals surface area (Å²) in [7, 11) is 0. The van der Waals surface area contributed by atoms with E-state index in [-0.39, 0.29) is 33.0 Å². The van der Waals surface area contributed by atoms with Crippen LogP contribution in [-0.4, -0.2) is 28.9 Å². The molecule has 0 aromatic heterocycles. The molecule has 4 fully saturated rings. The number of allylic oxidation sites excluding steroid dienone is 3. The Bertz CT molecular complexity index is 1190. The highest BCUT2D eigenvalue weighted by molar-refractivity contribution is 5.88. The van der Waals surface area contributed by atoms with E-state index in [0.29, 0.717) is 42.5 Å². The largest absolute Gasteiger partial charge is 0.481 e. The zero-order chi connectivity index (χ0) is 29.7. The summed E-state index contributed by atoms with van der Waals surface area (Å²) in [6.07, 6.45) is 10.9. The van der Waals surface area contributed by atoms with Crippen LogP contribution in [-0.2, 0) is 19.1 Å². The summed E-state index contributed by atoms with van der Waals surface area (Å²) in [6.45, 7) is 19.7. The van der Waals surface area contributed by atoms with Gasteiger partial charge in [-0.15, -0.1) is 0 Å². The molecule has 0 aromatic rings. The second kappa shape index (κ2) is 9.04. The number of ether oxygens (including phenoxy) is 1. The first-order valence-electron chi connectivity index (χ1n) is 15.7. The van der Waals surface area contributed by atoms with E-state index in [1.54, 1.807) is 13.0 Å². The maximum absolute atomic E-state index is 13.4. The number of carbonyl (C=O) groups excluding carboxylic acids is 2. The Morgan fingerprint density at radius 2 is 1.65 bits per heavy atom. The van der Waals surface area contributed by atoms with Crippen LogP contribution in [0.2, 0.25) is 0 Å². The Morgan fingerprint density at radius 3 is 2.27 bits per heavy atom. The molecule has 8 atom stereocenters. The highest BCUT2D eigenvalue weighted by Crippen LogP contribution is 2.75. The van der Waals surface area contributed by atoms with Crippen molar-refractivity contribution in [2.45, 2.75) is 126 Å². The average Bonchev–Trinajstić information content (AvgIpc) is 2.85. The van der Waals surface area contributed by atoms with Crippen molar-refractivity contribution in [3.05, 3.63) is 23.3 Å². The maximum atomic E-state index is 13.4. The lowest BCUT2D eigenvalue weighted by Gasteiger charge is -2.70. The number of hydrogen-bond donors (Lipinski definition) is 1. The number of carboxylic acid groups (broad SMARTS) is 1. The van der Waals surface area contributed by atoms with Crippen LogP contribution in [0.3, 0.4) is 0 Å². The van der Waals surface area contributed by atoms with E-state index in [2.05, 4.69) is 54.5 Å². The number of ketones is 1. The maximum Gasteiger partial charge on any atom is 0.333 e. The molecule has 1 N–H and O–H groups in total. The average molecular weight is 553 g/mol. The van der Waals surface area contributed by atoms with Crippen LogP contribution in [0, 0.1) is 50.2 Å². The third kappa shape index (κ3) is 3.73. The molecule has 222 valence electrons. The van der Waals surface area contributed by atoms with Crippen LogP contribution in [0.4, 0.5) is 0 Å². The van der Waals surface area contributed by atoms with Crippen molar-refractivity contribution in [3.8, 4) is 0 Å². The quantitative estimate of drug-likeness (QED) is 0.218. The van der Waals surface area contributed by atoms with Gasteiger partial charge in [0, 0.05) is 23.3 Å². The number of esters is 1. The molecule has 0 aromatic carbocycles. The lowest BCUT2D eigenvalue weighted by Crippen LogP contribution is -2.66. The normalized spacial score (nSPS) is 45.7. The van der Waals surface area contributed by atoms with Crippen molar-refractivity contribution in [1.82, 2.24) is 0 Å². The molecule has 0 heterocycles. The zero-order valence-electron chi connectivity index (χ0n) is 26.4. The van der Waals surface area contributed by atoms with Gasteiger partial charge in [0.05, 0.1) is 0 Å². The summed E-state index contributed by atoms with van der Waals surface area (Å²) in [5, 5.41) is 11.0. The van der Waals surface area contributed by atoms with Gasteiger partial charge in [-0.3, -0.25) is 9.59 Å². The minimum absolute atomic E-state index is 0.0266. The smallest absolute Gasteiger partial charge is 0.333 e. The van der Waals surface area contributed by atoms with Crippen LogP contribution in [0.25, 0.3) is 0 Å². The summed E-state index contributed by atoms with van der Waals surface area (Å²) >= 11 is 0. The van der Waals surface area contributed by atoms with Gasteiger partial charge < -0.3 is 9.84 Å². The number of hydrogen-bond acceptors (Lipinski definition) is 4. The van der Waals surface area contributed by atoms with E-state index in [1.807, 2.05) is 6.92 Å². The molecular formula is C35H52O5.